The van der Waals surface area contributed by atoms with Gasteiger partial charge in [0.1, 0.15) is 12.2 Å². The summed E-state index contributed by atoms with van der Waals surface area (Å²) in [7, 11) is 1.30. The third-order valence-electron chi connectivity index (χ3n) is 3.57. The molecule has 0 aliphatic rings. The predicted molar refractivity (Wildman–Crippen MR) is 94.3 cm³/mol. The number of carboxylic acid groups (broad SMARTS) is 1. The van der Waals surface area contributed by atoms with Crippen LogP contribution in [0.3, 0.4) is 0 Å². The molecule has 0 aromatic heterocycles. The number of anilines is 1. The summed E-state index contributed by atoms with van der Waals surface area (Å²) in [6.45, 7) is -0.296. The second kappa shape index (κ2) is 8.94. The van der Waals surface area contributed by atoms with Crippen LogP contribution in [0, 0.1) is 0 Å². The molecule has 2 N–H and O–H groups in total. The zero-order valence-electron chi connectivity index (χ0n) is 14.6. The van der Waals surface area contributed by atoms with E-state index in [0.29, 0.717) is 5.56 Å². The number of hydrogen-bond acceptors (Lipinski definition) is 4. The molecule has 1 amide bonds. The number of ether oxygens (including phenoxy) is 2. The minimum Gasteiger partial charge on any atom is -0.503 e. The zero-order chi connectivity index (χ0) is 20.7. The van der Waals surface area contributed by atoms with E-state index < -0.39 is 23.8 Å². The van der Waals surface area contributed by atoms with E-state index in [1.54, 1.807) is 18.2 Å². The Morgan fingerprint density at radius 2 is 1.86 bits per heavy atom. The highest BCUT2D eigenvalue weighted by molar-refractivity contribution is 6.15. The number of aliphatic carboxylic acids is 1. The van der Waals surface area contributed by atoms with Gasteiger partial charge in [-0.1, -0.05) is 30.3 Å². The van der Waals surface area contributed by atoms with Crippen molar-refractivity contribution in [1.82, 2.24) is 0 Å². The molecule has 0 unspecified atom stereocenters. The molecule has 0 fully saturated rings. The molecular weight excluding hydrogens is 379 g/mol. The van der Waals surface area contributed by atoms with Gasteiger partial charge in [0.05, 0.1) is 18.9 Å². The molecular formula is C19H16F3NO5. The highest BCUT2D eigenvalue weighted by Gasteiger charge is 2.30. The number of benzene rings is 2. The Morgan fingerprint density at radius 3 is 2.50 bits per heavy atom. The first-order valence-corrected chi connectivity index (χ1v) is 7.88. The molecule has 9 heteroatoms. The summed E-state index contributed by atoms with van der Waals surface area (Å²) in [6.07, 6.45) is -4.48. The van der Waals surface area contributed by atoms with Gasteiger partial charge in [-0.25, -0.2) is 9.59 Å². The lowest BCUT2D eigenvalue weighted by Crippen LogP contribution is -2.15. The lowest BCUT2D eigenvalue weighted by Gasteiger charge is -2.12. The van der Waals surface area contributed by atoms with Crippen molar-refractivity contribution in [3.05, 3.63) is 71.5 Å². The Balaban J connectivity index is 2.10. The Hall–Kier alpha value is -3.49. The van der Waals surface area contributed by atoms with Crippen molar-refractivity contribution in [2.24, 2.45) is 0 Å². The Labute approximate surface area is 158 Å². The number of carboxylic acids is 1. The van der Waals surface area contributed by atoms with E-state index in [-0.39, 0.29) is 23.4 Å². The van der Waals surface area contributed by atoms with Crippen molar-refractivity contribution in [3.8, 4) is 0 Å². The summed E-state index contributed by atoms with van der Waals surface area (Å²) in [6, 6.07) is 10.4. The van der Waals surface area contributed by atoms with Crippen LogP contribution in [-0.4, -0.2) is 24.3 Å². The number of methoxy groups -OCH3 is 1. The first-order chi connectivity index (χ1) is 13.2. The van der Waals surface area contributed by atoms with Crippen LogP contribution < -0.4 is 5.32 Å². The van der Waals surface area contributed by atoms with E-state index in [1.807, 2.05) is 0 Å². The van der Waals surface area contributed by atoms with Crippen LogP contribution in [0.4, 0.5) is 23.7 Å². The van der Waals surface area contributed by atoms with E-state index in [1.165, 1.54) is 19.2 Å². The van der Waals surface area contributed by atoms with Crippen LogP contribution in [0.25, 0.3) is 5.57 Å². The summed E-state index contributed by atoms with van der Waals surface area (Å²) in [5, 5.41) is 11.5. The third-order valence-corrected chi connectivity index (χ3v) is 3.57. The molecule has 2 rings (SSSR count). The smallest absolute Gasteiger partial charge is 0.416 e. The fourth-order valence-corrected chi connectivity index (χ4v) is 2.33. The van der Waals surface area contributed by atoms with Crippen LogP contribution >= 0.6 is 0 Å². The fraction of sp³-hybridized carbons (Fsp3) is 0.158. The first-order valence-electron chi connectivity index (χ1n) is 7.88. The summed E-state index contributed by atoms with van der Waals surface area (Å²) in [5.41, 5.74) is -0.471. The third kappa shape index (κ3) is 5.50. The topological polar surface area (TPSA) is 84.9 Å². The minimum absolute atomic E-state index is 0.0846. The van der Waals surface area contributed by atoms with Gasteiger partial charge < -0.3 is 14.6 Å². The van der Waals surface area contributed by atoms with Gasteiger partial charge in [0.2, 0.25) is 0 Å². The molecule has 0 heterocycles. The largest absolute Gasteiger partial charge is 0.503 e. The van der Waals surface area contributed by atoms with Gasteiger partial charge in [0, 0.05) is 5.69 Å². The maximum absolute atomic E-state index is 12.7. The number of nitrogens with one attached hydrogen (secondary N) is 1. The first kappa shape index (κ1) is 20.8. The highest BCUT2D eigenvalue weighted by atomic mass is 19.4. The molecule has 2 aromatic carbocycles. The van der Waals surface area contributed by atoms with E-state index in [2.05, 4.69) is 5.32 Å². The molecule has 0 bridgehead atoms. The normalized spacial score (nSPS) is 11.6. The second-order valence-electron chi connectivity index (χ2n) is 5.51. The van der Waals surface area contributed by atoms with Gasteiger partial charge in [-0.15, -0.1) is 0 Å². The standard InChI is InChI=1S/C19H16F3NO5/c1-27-11-16(17(24)25)15-8-3-2-5-12(15)10-28-18(26)23-14-7-4-6-13(9-14)19(20,21)22/h2-9,11H,10H2,1H3,(H,23,26)(H,24,25). The molecule has 0 aliphatic carbocycles. The van der Waals surface area contributed by atoms with Crippen molar-refractivity contribution >= 4 is 23.3 Å². The SMILES string of the molecule is COC=C(C(=O)O)c1ccccc1COC(=O)Nc1cccc(C(F)(F)F)c1. The van der Waals surface area contributed by atoms with Crippen LogP contribution in [0.15, 0.2) is 54.8 Å². The van der Waals surface area contributed by atoms with Crippen molar-refractivity contribution in [3.63, 3.8) is 0 Å². The van der Waals surface area contributed by atoms with Crippen LogP contribution in [-0.2, 0) is 27.1 Å². The quantitative estimate of drug-likeness (QED) is 0.555. The van der Waals surface area contributed by atoms with Crippen molar-refractivity contribution in [1.29, 1.82) is 0 Å². The van der Waals surface area contributed by atoms with E-state index >= 15 is 0 Å². The van der Waals surface area contributed by atoms with Crippen LogP contribution in [0.5, 0.6) is 0 Å². The number of halogens is 3. The van der Waals surface area contributed by atoms with E-state index in [9.17, 15) is 27.9 Å². The summed E-state index contributed by atoms with van der Waals surface area (Å²) in [4.78, 5) is 23.3. The average molecular weight is 395 g/mol. The molecule has 148 valence electrons. The Kier molecular flexibility index (Phi) is 6.64. The molecule has 0 aliphatic heterocycles. The van der Waals surface area contributed by atoms with Gasteiger partial charge >= 0.3 is 18.2 Å². The molecule has 6 nitrogen and oxygen atoms in total. The minimum atomic E-state index is -4.54. The number of amides is 1. The molecule has 0 spiro atoms. The van der Waals surface area contributed by atoms with Gasteiger partial charge in [0.25, 0.3) is 0 Å². The zero-order valence-corrected chi connectivity index (χ0v) is 14.6. The van der Waals surface area contributed by atoms with Crippen molar-refractivity contribution in [2.75, 3.05) is 12.4 Å². The summed E-state index contributed by atoms with van der Waals surface area (Å²) in [5.74, 6) is -1.23. The number of carbonyl (C=O) groups excluding carboxylic acids is 1. The van der Waals surface area contributed by atoms with Gasteiger partial charge in [-0.05, 0) is 29.3 Å². The van der Waals surface area contributed by atoms with Crippen molar-refractivity contribution in [2.45, 2.75) is 12.8 Å². The van der Waals surface area contributed by atoms with Gasteiger partial charge in [-0.2, -0.15) is 13.2 Å². The van der Waals surface area contributed by atoms with Crippen molar-refractivity contribution < 1.29 is 37.3 Å². The lowest BCUT2D eigenvalue weighted by molar-refractivity contribution is -0.137. The van der Waals surface area contributed by atoms with Gasteiger partial charge in [0.15, 0.2) is 0 Å². The Bertz CT molecular complexity index is 893. The van der Waals surface area contributed by atoms with E-state index in [0.717, 1.165) is 24.5 Å². The lowest BCUT2D eigenvalue weighted by atomic mass is 10.0. The fourth-order valence-electron chi connectivity index (χ4n) is 2.33. The molecule has 28 heavy (non-hydrogen) atoms. The Morgan fingerprint density at radius 1 is 1.14 bits per heavy atom. The average Bonchev–Trinajstić information content (AvgIpc) is 2.64. The van der Waals surface area contributed by atoms with Crippen LogP contribution in [0.2, 0.25) is 0 Å². The molecule has 0 atom stereocenters. The summed E-state index contributed by atoms with van der Waals surface area (Å²) >= 11 is 0. The maximum Gasteiger partial charge on any atom is 0.416 e. The van der Waals surface area contributed by atoms with E-state index in [4.69, 9.17) is 9.47 Å². The van der Waals surface area contributed by atoms with Gasteiger partial charge in [-0.3, -0.25) is 5.32 Å². The monoisotopic (exact) mass is 395 g/mol. The summed E-state index contributed by atoms with van der Waals surface area (Å²) < 4.78 is 47.9. The molecule has 0 saturated heterocycles. The van der Waals surface area contributed by atoms with Crippen LogP contribution in [0.1, 0.15) is 16.7 Å². The predicted octanol–water partition coefficient (Wildman–Crippen LogP) is 4.53. The number of rotatable bonds is 6. The second-order valence-corrected chi connectivity index (χ2v) is 5.51. The highest BCUT2D eigenvalue weighted by Crippen LogP contribution is 2.30. The molecule has 0 saturated carbocycles. The number of carbonyl (C=O) groups is 2. The molecule has 2 aromatic rings. The number of alkyl halides is 3. The molecule has 0 radical (unpaired) electrons. The maximum atomic E-state index is 12.7. The number of hydrogen-bond donors (Lipinski definition) is 2.